The SMILES string of the molecule is Cn1c(CCC(=O)O)nc(C(C)(C)C)c1Cl. The van der Waals surface area contributed by atoms with E-state index in [1.807, 2.05) is 27.8 Å². The molecule has 90 valence electrons. The van der Waals surface area contributed by atoms with Crippen molar-refractivity contribution in [3.8, 4) is 0 Å². The molecule has 0 aromatic carbocycles. The highest BCUT2D eigenvalue weighted by Gasteiger charge is 2.24. The summed E-state index contributed by atoms with van der Waals surface area (Å²) in [7, 11) is 1.81. The van der Waals surface area contributed by atoms with E-state index in [0.717, 1.165) is 11.5 Å². The Kier molecular flexibility index (Phi) is 3.63. The minimum atomic E-state index is -0.823. The highest BCUT2D eigenvalue weighted by Crippen LogP contribution is 2.29. The topological polar surface area (TPSA) is 55.1 Å². The summed E-state index contributed by atoms with van der Waals surface area (Å²) < 4.78 is 1.76. The first-order valence-corrected chi connectivity index (χ1v) is 5.54. The zero-order chi connectivity index (χ0) is 12.5. The third kappa shape index (κ3) is 2.76. The molecular formula is C11H17ClN2O2. The number of nitrogens with zero attached hydrogens (tertiary/aromatic N) is 2. The Hall–Kier alpha value is -1.03. The van der Waals surface area contributed by atoms with E-state index in [0.29, 0.717) is 11.6 Å². The fraction of sp³-hybridized carbons (Fsp3) is 0.636. The smallest absolute Gasteiger partial charge is 0.303 e. The summed E-state index contributed by atoms with van der Waals surface area (Å²) in [6, 6.07) is 0. The molecular weight excluding hydrogens is 228 g/mol. The largest absolute Gasteiger partial charge is 0.481 e. The number of imidazole rings is 1. The third-order valence-corrected chi connectivity index (χ3v) is 2.82. The van der Waals surface area contributed by atoms with Gasteiger partial charge in [-0.2, -0.15) is 0 Å². The number of hydrogen-bond acceptors (Lipinski definition) is 2. The molecule has 0 spiro atoms. The Bertz CT molecular complexity index is 405. The quantitative estimate of drug-likeness (QED) is 0.888. The maximum absolute atomic E-state index is 10.5. The molecule has 16 heavy (non-hydrogen) atoms. The standard InChI is InChI=1S/C11H17ClN2O2/c1-11(2,3)9-10(12)14(4)7(13-9)5-6-8(15)16/h5-6H2,1-4H3,(H,15,16). The van der Waals surface area contributed by atoms with E-state index in [4.69, 9.17) is 16.7 Å². The average Bonchev–Trinajstić information content (AvgIpc) is 2.40. The number of hydrogen-bond donors (Lipinski definition) is 1. The van der Waals surface area contributed by atoms with Crippen LogP contribution in [0.1, 0.15) is 38.7 Å². The maximum Gasteiger partial charge on any atom is 0.303 e. The molecule has 0 fully saturated rings. The second-order valence-electron chi connectivity index (χ2n) is 4.87. The molecule has 1 aromatic heterocycles. The zero-order valence-electron chi connectivity index (χ0n) is 10.0. The van der Waals surface area contributed by atoms with Gasteiger partial charge in [0.25, 0.3) is 0 Å². The minimum Gasteiger partial charge on any atom is -0.481 e. The molecule has 0 amide bonds. The average molecular weight is 245 g/mol. The van der Waals surface area contributed by atoms with Crippen LogP contribution in [0.15, 0.2) is 0 Å². The van der Waals surface area contributed by atoms with E-state index in [1.165, 1.54) is 0 Å². The number of aliphatic carboxylic acids is 1. The first kappa shape index (κ1) is 13.0. The van der Waals surface area contributed by atoms with Gasteiger partial charge in [-0.1, -0.05) is 32.4 Å². The predicted molar refractivity (Wildman–Crippen MR) is 62.9 cm³/mol. The van der Waals surface area contributed by atoms with Crippen molar-refractivity contribution in [3.05, 3.63) is 16.7 Å². The summed E-state index contributed by atoms with van der Waals surface area (Å²) in [5, 5.41) is 9.22. The molecule has 5 heteroatoms. The lowest BCUT2D eigenvalue weighted by atomic mass is 9.93. The molecule has 0 unspecified atom stereocenters. The van der Waals surface area contributed by atoms with E-state index in [2.05, 4.69) is 4.98 Å². The molecule has 4 nitrogen and oxygen atoms in total. The molecule has 0 aliphatic heterocycles. The van der Waals surface area contributed by atoms with E-state index in [9.17, 15) is 4.79 Å². The first-order valence-electron chi connectivity index (χ1n) is 5.17. The van der Waals surface area contributed by atoms with Crippen LogP contribution in [-0.2, 0) is 23.7 Å². The summed E-state index contributed by atoms with van der Waals surface area (Å²) >= 11 is 6.17. The fourth-order valence-electron chi connectivity index (χ4n) is 1.44. The van der Waals surface area contributed by atoms with Crippen LogP contribution < -0.4 is 0 Å². The molecule has 1 aromatic rings. The van der Waals surface area contributed by atoms with E-state index < -0.39 is 5.97 Å². The lowest BCUT2D eigenvalue weighted by molar-refractivity contribution is -0.137. The number of carboxylic acid groups (broad SMARTS) is 1. The Morgan fingerprint density at radius 3 is 2.44 bits per heavy atom. The van der Waals surface area contributed by atoms with Crippen molar-refractivity contribution in [1.29, 1.82) is 0 Å². The number of aromatic nitrogens is 2. The van der Waals surface area contributed by atoms with E-state index in [1.54, 1.807) is 4.57 Å². The molecule has 1 N–H and O–H groups in total. The van der Waals surface area contributed by atoms with Gasteiger partial charge in [0, 0.05) is 18.9 Å². The van der Waals surface area contributed by atoms with Crippen LogP contribution in [0.3, 0.4) is 0 Å². The van der Waals surface area contributed by atoms with Gasteiger partial charge in [-0.15, -0.1) is 0 Å². The van der Waals surface area contributed by atoms with Gasteiger partial charge in [0.2, 0.25) is 0 Å². The Labute approximate surface area is 100 Å². The lowest BCUT2D eigenvalue weighted by Crippen LogP contribution is -2.12. The van der Waals surface area contributed by atoms with Gasteiger partial charge in [0.1, 0.15) is 11.0 Å². The van der Waals surface area contributed by atoms with Crippen molar-refractivity contribution in [2.75, 3.05) is 0 Å². The summed E-state index contributed by atoms with van der Waals surface area (Å²) in [6.07, 6.45) is 0.479. The first-order chi connectivity index (χ1) is 7.23. The van der Waals surface area contributed by atoms with Gasteiger partial charge < -0.3 is 9.67 Å². The number of aryl methyl sites for hydroxylation is 1. The Morgan fingerprint density at radius 2 is 2.06 bits per heavy atom. The summed E-state index contributed by atoms with van der Waals surface area (Å²) in [4.78, 5) is 14.9. The van der Waals surface area contributed by atoms with Crippen molar-refractivity contribution < 1.29 is 9.90 Å². The molecule has 0 aliphatic carbocycles. The van der Waals surface area contributed by atoms with Crippen LogP contribution in [-0.4, -0.2) is 20.6 Å². The zero-order valence-corrected chi connectivity index (χ0v) is 10.8. The van der Waals surface area contributed by atoms with Gasteiger partial charge in [0.15, 0.2) is 0 Å². The number of rotatable bonds is 3. The van der Waals surface area contributed by atoms with Crippen molar-refractivity contribution in [1.82, 2.24) is 9.55 Å². The molecule has 0 bridgehead atoms. The second-order valence-corrected chi connectivity index (χ2v) is 5.23. The minimum absolute atomic E-state index is 0.0742. The van der Waals surface area contributed by atoms with E-state index in [-0.39, 0.29) is 11.8 Å². The molecule has 1 heterocycles. The monoisotopic (exact) mass is 244 g/mol. The van der Waals surface area contributed by atoms with Gasteiger partial charge in [-0.05, 0) is 0 Å². The molecule has 0 atom stereocenters. The number of carbonyl (C=O) groups is 1. The van der Waals surface area contributed by atoms with Crippen molar-refractivity contribution >= 4 is 17.6 Å². The van der Waals surface area contributed by atoms with Crippen molar-refractivity contribution in [2.45, 2.75) is 39.0 Å². The van der Waals surface area contributed by atoms with Gasteiger partial charge in [-0.3, -0.25) is 4.79 Å². The fourth-order valence-corrected chi connectivity index (χ4v) is 1.87. The summed E-state index contributed by atoms with van der Waals surface area (Å²) in [5.41, 5.74) is 0.688. The molecule has 0 aliphatic rings. The highest BCUT2D eigenvalue weighted by molar-refractivity contribution is 6.30. The van der Waals surface area contributed by atoms with Crippen LogP contribution in [0.4, 0.5) is 0 Å². The van der Waals surface area contributed by atoms with Crippen molar-refractivity contribution in [2.24, 2.45) is 7.05 Å². The maximum atomic E-state index is 10.5. The van der Waals surface area contributed by atoms with Crippen LogP contribution in [0, 0.1) is 0 Å². The Morgan fingerprint density at radius 1 is 1.50 bits per heavy atom. The molecule has 0 radical (unpaired) electrons. The van der Waals surface area contributed by atoms with Crippen LogP contribution in [0.25, 0.3) is 0 Å². The van der Waals surface area contributed by atoms with Crippen molar-refractivity contribution in [3.63, 3.8) is 0 Å². The molecule has 1 rings (SSSR count). The van der Waals surface area contributed by atoms with Crippen LogP contribution in [0.5, 0.6) is 0 Å². The van der Waals surface area contributed by atoms with E-state index >= 15 is 0 Å². The second kappa shape index (κ2) is 4.45. The lowest BCUT2D eigenvalue weighted by Gasteiger charge is -2.15. The number of halogens is 1. The van der Waals surface area contributed by atoms with Gasteiger partial charge >= 0.3 is 5.97 Å². The number of carboxylic acids is 1. The normalized spacial score (nSPS) is 11.8. The van der Waals surface area contributed by atoms with Crippen LogP contribution in [0.2, 0.25) is 5.15 Å². The summed E-state index contributed by atoms with van der Waals surface area (Å²) in [6.45, 7) is 6.09. The third-order valence-electron chi connectivity index (χ3n) is 2.39. The van der Waals surface area contributed by atoms with Gasteiger partial charge in [-0.25, -0.2) is 4.98 Å². The summed E-state index contributed by atoms with van der Waals surface area (Å²) in [5.74, 6) is -0.103. The molecule has 0 saturated carbocycles. The Balaban J connectivity index is 3.01. The highest BCUT2D eigenvalue weighted by atomic mass is 35.5. The predicted octanol–water partition coefficient (Wildman–Crippen LogP) is 2.39. The van der Waals surface area contributed by atoms with Gasteiger partial charge in [0.05, 0.1) is 12.1 Å². The van der Waals surface area contributed by atoms with Crippen LogP contribution >= 0.6 is 11.6 Å². The molecule has 0 saturated heterocycles.